The number of hydrogen-bond donors (Lipinski definition) is 0. The first-order valence-corrected chi connectivity index (χ1v) is 10.8. The van der Waals surface area contributed by atoms with E-state index in [1.54, 1.807) is 6.92 Å². The highest BCUT2D eigenvalue weighted by molar-refractivity contribution is 7.92. The number of ether oxygens (including phenoxy) is 1. The van der Waals surface area contributed by atoms with Crippen LogP contribution in [0.4, 0.5) is 9.93 Å². The van der Waals surface area contributed by atoms with E-state index in [0.717, 1.165) is 22.5 Å². The Labute approximate surface area is 165 Å². The second kappa shape index (κ2) is 7.64. The van der Waals surface area contributed by atoms with Crippen LogP contribution in [0.5, 0.6) is 0 Å². The van der Waals surface area contributed by atoms with Crippen LogP contribution in [0, 0.1) is 6.92 Å². The SMILES string of the molecule is C=CCN1CC(OC(=O)c2ccncc2C)N(c2nnc(S(C)(=O)=O)s2)C1=O. The number of pyridine rings is 1. The Balaban J connectivity index is 1.91. The first-order chi connectivity index (χ1) is 13.2. The predicted molar refractivity (Wildman–Crippen MR) is 101 cm³/mol. The summed E-state index contributed by atoms with van der Waals surface area (Å²) in [4.78, 5) is 31.8. The van der Waals surface area contributed by atoms with Crippen LogP contribution in [-0.2, 0) is 14.6 Å². The van der Waals surface area contributed by atoms with Gasteiger partial charge in [0.05, 0.1) is 12.1 Å². The summed E-state index contributed by atoms with van der Waals surface area (Å²) < 4.78 is 28.7. The summed E-state index contributed by atoms with van der Waals surface area (Å²) in [6, 6.07) is 1.04. The quantitative estimate of drug-likeness (QED) is 0.386. The molecule has 28 heavy (non-hydrogen) atoms. The molecule has 1 aliphatic heterocycles. The van der Waals surface area contributed by atoms with Crippen LogP contribution >= 0.6 is 11.3 Å². The molecule has 0 radical (unpaired) electrons. The smallest absolute Gasteiger partial charge is 0.340 e. The van der Waals surface area contributed by atoms with Crippen molar-refractivity contribution in [2.75, 3.05) is 24.2 Å². The minimum absolute atomic E-state index is 0.0289. The summed E-state index contributed by atoms with van der Waals surface area (Å²) in [5.74, 6) is -0.629. The number of carbonyl (C=O) groups excluding carboxylic acids is 2. The lowest BCUT2D eigenvalue weighted by Gasteiger charge is -2.20. The van der Waals surface area contributed by atoms with Crippen LogP contribution in [0.1, 0.15) is 15.9 Å². The van der Waals surface area contributed by atoms with E-state index in [4.69, 9.17) is 4.74 Å². The zero-order chi connectivity index (χ0) is 20.5. The molecule has 3 heterocycles. The molecule has 2 amide bonds. The van der Waals surface area contributed by atoms with Gasteiger partial charge in [-0.25, -0.2) is 22.9 Å². The number of urea groups is 1. The van der Waals surface area contributed by atoms with Gasteiger partial charge in [0.15, 0.2) is 0 Å². The number of nitrogens with zero attached hydrogens (tertiary/aromatic N) is 5. The number of rotatable bonds is 6. The number of sulfone groups is 1. The maximum absolute atomic E-state index is 12.7. The first-order valence-electron chi connectivity index (χ1n) is 8.06. The van der Waals surface area contributed by atoms with E-state index in [1.165, 1.54) is 29.4 Å². The van der Waals surface area contributed by atoms with Gasteiger partial charge in [0, 0.05) is 25.2 Å². The molecule has 0 bridgehead atoms. The van der Waals surface area contributed by atoms with Crippen molar-refractivity contribution in [3.63, 3.8) is 0 Å². The maximum atomic E-state index is 12.7. The molecule has 1 atom stereocenters. The Bertz CT molecular complexity index is 1040. The molecule has 0 saturated carbocycles. The standard InChI is InChI=1S/C16H17N5O5S2/c1-4-7-20-9-12(26-13(22)11-5-6-17-8-10(11)2)21(16(20)23)14-18-19-15(27-14)28(3,24)25/h4-6,8,12H,1,7,9H2,2-3H3. The van der Waals surface area contributed by atoms with Gasteiger partial charge in [-0.1, -0.05) is 17.4 Å². The fourth-order valence-corrected chi connectivity index (χ4v) is 4.20. The minimum Gasteiger partial charge on any atom is -0.435 e. The van der Waals surface area contributed by atoms with Crippen molar-refractivity contribution in [3.05, 3.63) is 42.2 Å². The Morgan fingerprint density at radius 2 is 2.21 bits per heavy atom. The van der Waals surface area contributed by atoms with E-state index in [1.807, 2.05) is 0 Å². The van der Waals surface area contributed by atoms with Gasteiger partial charge >= 0.3 is 12.0 Å². The molecule has 10 nitrogen and oxygen atoms in total. The van der Waals surface area contributed by atoms with Gasteiger partial charge in [-0.2, -0.15) is 0 Å². The van der Waals surface area contributed by atoms with Crippen molar-refractivity contribution in [2.45, 2.75) is 17.5 Å². The van der Waals surface area contributed by atoms with Crippen molar-refractivity contribution in [1.82, 2.24) is 20.1 Å². The van der Waals surface area contributed by atoms with E-state index in [2.05, 4.69) is 21.8 Å². The van der Waals surface area contributed by atoms with E-state index >= 15 is 0 Å². The average molecular weight is 423 g/mol. The van der Waals surface area contributed by atoms with E-state index in [-0.39, 0.29) is 22.6 Å². The van der Waals surface area contributed by atoms with Gasteiger partial charge in [-0.15, -0.1) is 16.8 Å². The fraction of sp³-hybridized carbons (Fsp3) is 0.312. The summed E-state index contributed by atoms with van der Waals surface area (Å²) in [7, 11) is -3.58. The first kappa shape index (κ1) is 19.9. The minimum atomic E-state index is -3.58. The highest BCUT2D eigenvalue weighted by Gasteiger charge is 2.42. The van der Waals surface area contributed by atoms with E-state index in [9.17, 15) is 18.0 Å². The molecule has 0 spiro atoms. The Morgan fingerprint density at radius 3 is 2.82 bits per heavy atom. The van der Waals surface area contributed by atoms with Gasteiger partial charge in [0.1, 0.15) is 0 Å². The van der Waals surface area contributed by atoms with Crippen molar-refractivity contribution < 1.29 is 22.7 Å². The highest BCUT2D eigenvalue weighted by atomic mass is 32.2. The average Bonchev–Trinajstić information content (AvgIpc) is 3.21. The number of amides is 2. The molecule has 1 aliphatic rings. The Kier molecular flexibility index (Phi) is 5.42. The molecular formula is C16H17N5O5S2. The molecule has 0 N–H and O–H groups in total. The van der Waals surface area contributed by atoms with Crippen molar-refractivity contribution >= 4 is 38.3 Å². The van der Waals surface area contributed by atoms with Gasteiger partial charge in [-0.3, -0.25) is 4.98 Å². The highest BCUT2D eigenvalue weighted by Crippen LogP contribution is 2.30. The molecule has 2 aromatic rings. The summed E-state index contributed by atoms with van der Waals surface area (Å²) >= 11 is 0.732. The molecule has 1 saturated heterocycles. The lowest BCUT2D eigenvalue weighted by molar-refractivity contribution is 0.0327. The largest absolute Gasteiger partial charge is 0.435 e. The van der Waals surface area contributed by atoms with Gasteiger partial charge < -0.3 is 9.64 Å². The lowest BCUT2D eigenvalue weighted by atomic mass is 10.2. The third-order valence-electron chi connectivity index (χ3n) is 3.89. The molecular weight excluding hydrogens is 406 g/mol. The third-order valence-corrected chi connectivity index (χ3v) is 6.48. The van der Waals surface area contributed by atoms with Crippen LogP contribution in [-0.4, -0.2) is 66.1 Å². The van der Waals surface area contributed by atoms with E-state index < -0.39 is 28.1 Å². The number of carbonyl (C=O) groups is 2. The summed E-state index contributed by atoms with van der Waals surface area (Å²) in [5, 5.41) is 7.45. The zero-order valence-corrected chi connectivity index (χ0v) is 16.7. The van der Waals surface area contributed by atoms with Gasteiger partial charge in [-0.05, 0) is 18.6 Å². The van der Waals surface area contributed by atoms with Crippen molar-refractivity contribution in [2.24, 2.45) is 0 Å². The number of aryl methyl sites for hydroxylation is 1. The monoisotopic (exact) mass is 423 g/mol. The van der Waals surface area contributed by atoms with Crippen LogP contribution < -0.4 is 4.90 Å². The van der Waals surface area contributed by atoms with Crippen LogP contribution in [0.2, 0.25) is 0 Å². The summed E-state index contributed by atoms with van der Waals surface area (Å²) in [6.45, 7) is 5.63. The predicted octanol–water partition coefficient (Wildman–Crippen LogP) is 1.26. The topological polar surface area (TPSA) is 123 Å². The maximum Gasteiger partial charge on any atom is 0.340 e. The van der Waals surface area contributed by atoms with Crippen molar-refractivity contribution in [1.29, 1.82) is 0 Å². The molecule has 1 fully saturated rings. The van der Waals surface area contributed by atoms with Crippen LogP contribution in [0.15, 0.2) is 35.5 Å². The van der Waals surface area contributed by atoms with Crippen molar-refractivity contribution in [3.8, 4) is 0 Å². The zero-order valence-electron chi connectivity index (χ0n) is 15.1. The van der Waals surface area contributed by atoms with Gasteiger partial charge in [0.2, 0.25) is 25.5 Å². The molecule has 3 rings (SSSR count). The summed E-state index contributed by atoms with van der Waals surface area (Å²) in [6.07, 6.45) is 4.54. The van der Waals surface area contributed by atoms with Crippen LogP contribution in [0.3, 0.4) is 0 Å². The normalized spacial score (nSPS) is 17.1. The van der Waals surface area contributed by atoms with E-state index in [0.29, 0.717) is 11.1 Å². The van der Waals surface area contributed by atoms with Crippen LogP contribution in [0.25, 0.3) is 0 Å². The Hall–Kier alpha value is -2.86. The molecule has 12 heteroatoms. The van der Waals surface area contributed by atoms with Gasteiger partial charge in [0.25, 0.3) is 0 Å². The second-order valence-electron chi connectivity index (χ2n) is 6.02. The Morgan fingerprint density at radius 1 is 1.46 bits per heavy atom. The number of esters is 1. The molecule has 0 aromatic carbocycles. The molecule has 148 valence electrons. The number of hydrogen-bond acceptors (Lipinski definition) is 9. The molecule has 1 unspecified atom stereocenters. The number of aromatic nitrogens is 3. The fourth-order valence-electron chi connectivity index (χ4n) is 2.57. The second-order valence-corrected chi connectivity index (χ2v) is 9.16. The number of anilines is 1. The summed E-state index contributed by atoms with van der Waals surface area (Å²) in [5.41, 5.74) is 0.945. The molecule has 0 aliphatic carbocycles. The lowest BCUT2D eigenvalue weighted by Crippen LogP contribution is -2.37. The third kappa shape index (κ3) is 3.87. The molecule has 2 aromatic heterocycles.